The van der Waals surface area contributed by atoms with Crippen molar-refractivity contribution < 1.29 is 27.8 Å². The van der Waals surface area contributed by atoms with E-state index in [0.29, 0.717) is 37.0 Å². The number of methoxy groups -OCH3 is 2. The van der Waals surface area contributed by atoms with Gasteiger partial charge in [0.1, 0.15) is 17.3 Å². The van der Waals surface area contributed by atoms with Gasteiger partial charge in [-0.2, -0.15) is 0 Å². The first-order valence-electron chi connectivity index (χ1n) is 47.4. The van der Waals surface area contributed by atoms with Crippen LogP contribution in [0.3, 0.4) is 0 Å². The van der Waals surface area contributed by atoms with Gasteiger partial charge in [0.25, 0.3) is 0 Å². The number of benzene rings is 4. The van der Waals surface area contributed by atoms with Crippen LogP contribution in [-0.2, 0) is 6.54 Å². The molecule has 10 aliphatic heterocycles. The van der Waals surface area contributed by atoms with E-state index in [-0.39, 0.29) is 33.5 Å². The van der Waals surface area contributed by atoms with Gasteiger partial charge in [0, 0.05) is 271 Å². The first kappa shape index (κ1) is 103. The van der Waals surface area contributed by atoms with Crippen LogP contribution in [0.2, 0.25) is 0 Å². The number of piperidine rings is 2. The minimum Gasteiger partial charge on any atom is -0.497 e. The largest absolute Gasteiger partial charge is 0.497 e. The van der Waals surface area contributed by atoms with E-state index in [1.807, 2.05) is 36.4 Å². The third-order valence-corrected chi connectivity index (χ3v) is 27.0. The zero-order valence-corrected chi connectivity index (χ0v) is 82.8. The van der Waals surface area contributed by atoms with Crippen LogP contribution >= 0.6 is 0 Å². The third-order valence-electron chi connectivity index (χ3n) is 27.0. The smallest absolute Gasteiger partial charge is 0.231 e. The van der Waals surface area contributed by atoms with E-state index in [2.05, 4.69) is 287 Å². The highest BCUT2D eigenvalue weighted by Gasteiger charge is 2.36. The molecule has 10 aliphatic rings. The molecule has 0 bridgehead atoms. The van der Waals surface area contributed by atoms with Crippen LogP contribution in [0.25, 0.3) is 0 Å². The van der Waals surface area contributed by atoms with Gasteiger partial charge in [-0.1, -0.05) is 24.3 Å². The number of rotatable bonds is 13. The molecule has 4 aromatic carbocycles. The maximum Gasteiger partial charge on any atom is 0.231 e. The van der Waals surface area contributed by atoms with Crippen LogP contribution in [0, 0.1) is 5.82 Å². The molecule has 9 saturated heterocycles. The Kier molecular flexibility index (Phi) is 40.2. The molecule has 23 heteroatoms. The van der Waals surface area contributed by atoms with Crippen LogP contribution in [0.1, 0.15) is 183 Å². The average Bonchev–Trinajstić information content (AvgIpc) is 1.63. The number of anilines is 3. The van der Waals surface area contributed by atoms with Gasteiger partial charge >= 0.3 is 0 Å². The summed E-state index contributed by atoms with van der Waals surface area (Å²) in [4.78, 5) is 40.0. The zero-order chi connectivity index (χ0) is 90.1. The van der Waals surface area contributed by atoms with Crippen LogP contribution in [-0.4, -0.2) is 384 Å². The summed E-state index contributed by atoms with van der Waals surface area (Å²) in [5.41, 5.74) is 6.63. The van der Waals surface area contributed by atoms with Crippen molar-refractivity contribution in [1.82, 2.24) is 68.8 Å². The highest BCUT2D eigenvalue weighted by Crippen LogP contribution is 2.35. The molecule has 0 saturated carbocycles. The Balaban J connectivity index is 0.000000178. The quantitative estimate of drug-likeness (QED) is 0.119. The Morgan fingerprint density at radius 1 is 0.366 bits per heavy atom. The molecular weight excluding hydrogens is 1540 g/mol. The summed E-state index contributed by atoms with van der Waals surface area (Å²) in [5.74, 6) is 3.50. The monoisotopic (exact) mass is 1720 g/mol. The Labute approximate surface area is 749 Å². The molecule has 21 nitrogen and oxygen atoms in total. The number of nitrogens with zero attached hydrogens (tertiary/aromatic N) is 17. The van der Waals surface area contributed by atoms with Crippen LogP contribution in [0.15, 0.2) is 91.0 Å². The molecule has 14 rings (SSSR count). The summed E-state index contributed by atoms with van der Waals surface area (Å²) in [6, 6.07) is 31.5. The first-order chi connectivity index (χ1) is 57.8. The van der Waals surface area contributed by atoms with Crippen LogP contribution in [0.4, 0.5) is 25.9 Å². The van der Waals surface area contributed by atoms with Gasteiger partial charge in [-0.05, 0) is 291 Å². The van der Waals surface area contributed by atoms with Crippen molar-refractivity contribution in [3.8, 4) is 23.0 Å². The van der Waals surface area contributed by atoms with E-state index >= 15 is 0 Å². The molecule has 0 aromatic heterocycles. The standard InChI is InChI=1S/C16H24N2O2.2C15H24N2O.C14H21FN2.C14H29N3.C13H26FN3.C13H29N3/c1-16(2,3)18-8-6-17(7-9-18)11-13-4-5-14-15(10-13)20-12-19-14;1-15(2,3)17-11-9-16(10-12-17)13-5-7-14(18-4)8-6-13;1-15(2,3)17-10-8-16(9-11-17)13-6-5-7-14(12-13)18-4;1-14(2,3)17-10-8-16(9-11-17)13-7-5-4-6-12(13)15;1-14(2,3)17-11-9-16(10-12-17)13-5-7-15(4)8-6-13;1-13(2,3)16-10-8-15(9-11-16)12-4-6-17(14)7-5-12;1-13(2,3)16-11-9-15(10-12-16)8-6-7-14(4)5/h4-5,10H,6-9,11-12H2,1-3H3;5-8H,9-12H2,1-4H3;5-7,12H,8-11H2,1-4H3;4-7H,8-11H2,1-3H3;13H,5-12H2,1-4H3;12H,4-11H2,1-3H3;6-12H2,1-5H3. The first-order valence-corrected chi connectivity index (χ1v) is 47.4. The van der Waals surface area contributed by atoms with Gasteiger partial charge in [0.05, 0.1) is 19.9 Å². The van der Waals surface area contributed by atoms with E-state index in [1.165, 1.54) is 121 Å². The van der Waals surface area contributed by atoms with Crippen molar-refractivity contribution in [2.45, 2.75) is 235 Å². The molecule has 0 amide bonds. The Hall–Kier alpha value is -5.22. The minimum atomic E-state index is -0.114. The number of para-hydroxylation sites is 1. The number of fused-ring (bicyclic) bond motifs is 1. The van der Waals surface area contributed by atoms with E-state index in [1.54, 1.807) is 20.3 Å². The lowest BCUT2D eigenvalue weighted by atomic mass is 10.0. The Morgan fingerprint density at radius 3 is 1.15 bits per heavy atom. The SMILES string of the molecule is CC(C)(C)N1CCN(C2CCN(F)CC2)CC1.CC(C)(C)N1CCN(Cc2ccc3c(c2)OCO3)CC1.CC(C)(C)N1CCN(c2ccccc2F)CC1.CN(C)CCCN1CCN(C(C)(C)C)CC1.CN1CCC(N2CCN(C(C)(C)C)CC2)CC1.COc1ccc(N2CCN(C(C)(C)C)CC2)cc1.COc1cccc(N2CCN(C(C)(C)C)CC2)c1. The third kappa shape index (κ3) is 34.6. The van der Waals surface area contributed by atoms with Crippen molar-refractivity contribution in [2.24, 2.45) is 0 Å². The molecule has 0 unspecified atom stereocenters. The number of halogens is 2. The topological polar surface area (TPSA) is 92.0 Å². The summed E-state index contributed by atoms with van der Waals surface area (Å²) >= 11 is 0. The molecule has 0 N–H and O–H groups in total. The molecule has 0 aliphatic carbocycles. The van der Waals surface area contributed by atoms with Crippen molar-refractivity contribution in [2.75, 3.05) is 279 Å². The number of piperazine rings is 7. The summed E-state index contributed by atoms with van der Waals surface area (Å²) < 4.78 is 47.9. The van der Waals surface area contributed by atoms with E-state index in [0.717, 1.165) is 190 Å². The van der Waals surface area contributed by atoms with Gasteiger partial charge in [-0.15, -0.1) is 9.60 Å². The maximum absolute atomic E-state index is 13.6. The van der Waals surface area contributed by atoms with Crippen molar-refractivity contribution >= 4 is 17.1 Å². The van der Waals surface area contributed by atoms with E-state index < -0.39 is 0 Å². The molecule has 10 heterocycles. The average molecular weight is 1720 g/mol. The van der Waals surface area contributed by atoms with Crippen LogP contribution in [0.5, 0.6) is 23.0 Å². The highest BCUT2D eigenvalue weighted by atomic mass is 19.2. The number of hydrogen-bond acceptors (Lipinski definition) is 21. The van der Waals surface area contributed by atoms with Gasteiger partial charge in [-0.3, -0.25) is 49.0 Å². The number of hydrogen-bond donors (Lipinski definition) is 0. The van der Waals surface area contributed by atoms with Crippen molar-refractivity contribution in [1.29, 1.82) is 0 Å². The second-order valence-corrected chi connectivity index (χ2v) is 43.1. The number of likely N-dealkylation sites (tertiary alicyclic amines) is 1. The lowest BCUT2D eigenvalue weighted by Gasteiger charge is -2.46. The Bertz CT molecular complexity index is 3520. The Morgan fingerprint density at radius 2 is 0.740 bits per heavy atom. The van der Waals surface area contributed by atoms with Gasteiger partial charge < -0.3 is 48.3 Å². The molecular formula is C100H177F2N17O4. The molecule has 0 radical (unpaired) electrons. The predicted octanol–water partition coefficient (Wildman–Crippen LogP) is 14.9. The molecule has 0 spiro atoms. The maximum atomic E-state index is 13.6. The summed E-state index contributed by atoms with van der Waals surface area (Å²) in [7, 11) is 9.97. The molecule has 9 fully saturated rings. The van der Waals surface area contributed by atoms with E-state index in [4.69, 9.17) is 18.9 Å². The van der Waals surface area contributed by atoms with Crippen molar-refractivity contribution in [3.05, 3.63) is 102 Å². The molecule has 0 atom stereocenters. The second kappa shape index (κ2) is 47.9. The van der Waals surface area contributed by atoms with Gasteiger partial charge in [-0.25, -0.2) is 4.39 Å². The normalized spacial score (nSPS) is 21.4. The highest BCUT2D eigenvalue weighted by molar-refractivity contribution is 5.52. The van der Waals surface area contributed by atoms with Crippen LogP contribution < -0.4 is 33.6 Å². The fraction of sp³-hybridized carbons (Fsp3) is 0.760. The van der Waals surface area contributed by atoms with Crippen molar-refractivity contribution in [3.63, 3.8) is 0 Å². The molecule has 700 valence electrons. The lowest BCUT2D eigenvalue weighted by molar-refractivity contribution is -0.0339. The van der Waals surface area contributed by atoms with E-state index in [9.17, 15) is 8.87 Å². The molecule has 4 aromatic rings. The molecule has 123 heavy (non-hydrogen) atoms. The van der Waals surface area contributed by atoms with Gasteiger partial charge in [0.2, 0.25) is 6.79 Å². The fourth-order valence-electron chi connectivity index (χ4n) is 18.4. The van der Waals surface area contributed by atoms with Gasteiger partial charge in [0.15, 0.2) is 11.5 Å². The minimum absolute atomic E-state index is 0.114. The number of ether oxygens (including phenoxy) is 4. The lowest BCUT2D eigenvalue weighted by Crippen LogP contribution is -2.56. The fourth-order valence-corrected chi connectivity index (χ4v) is 18.4. The zero-order valence-electron chi connectivity index (χ0n) is 82.8. The summed E-state index contributed by atoms with van der Waals surface area (Å²) in [6.07, 6.45) is 6.01. The summed E-state index contributed by atoms with van der Waals surface area (Å²) in [6.45, 7) is 87.5. The predicted molar refractivity (Wildman–Crippen MR) is 515 cm³/mol. The summed E-state index contributed by atoms with van der Waals surface area (Å²) in [5, 5.41) is 0.960. The second-order valence-electron chi connectivity index (χ2n) is 43.1.